The second-order valence-corrected chi connectivity index (χ2v) is 6.00. The molecule has 1 aliphatic heterocycles. The minimum Gasteiger partial charge on any atom is -0.481 e. The van der Waals surface area contributed by atoms with Gasteiger partial charge in [0, 0.05) is 4.58 Å². The molecule has 3 N–H and O–H groups in total. The highest BCUT2D eigenvalue weighted by atomic mass is 32.3. The van der Waals surface area contributed by atoms with Gasteiger partial charge in [-0.25, -0.2) is 0 Å². The second-order valence-electron chi connectivity index (χ2n) is 2.43. The van der Waals surface area contributed by atoms with E-state index in [1.54, 1.807) is 0 Å². The van der Waals surface area contributed by atoms with Crippen LogP contribution >= 0.6 is 23.5 Å². The zero-order valence-electron chi connectivity index (χ0n) is 6.39. The van der Waals surface area contributed by atoms with Crippen molar-refractivity contribution >= 4 is 35.4 Å². The van der Waals surface area contributed by atoms with Crippen LogP contribution in [0, 0.1) is 5.92 Å². The van der Waals surface area contributed by atoms with Crippen LogP contribution in [0.15, 0.2) is 0 Å². The summed E-state index contributed by atoms with van der Waals surface area (Å²) in [6, 6.07) is 0. The van der Waals surface area contributed by atoms with E-state index in [9.17, 15) is 9.59 Å². The van der Waals surface area contributed by atoms with Gasteiger partial charge in [-0.3, -0.25) is 9.59 Å². The highest BCUT2D eigenvalue weighted by Gasteiger charge is 2.41. The molecule has 1 aliphatic rings. The summed E-state index contributed by atoms with van der Waals surface area (Å²) >= 11 is 2.95. The molecule has 1 rings (SSSR count). The zero-order chi connectivity index (χ0) is 9.30. The summed E-state index contributed by atoms with van der Waals surface area (Å²) in [6.07, 6.45) is 0. The van der Waals surface area contributed by atoms with Crippen LogP contribution in [-0.2, 0) is 9.59 Å². The third-order valence-corrected chi connectivity index (χ3v) is 4.68. The Bertz CT molecular complexity index is 201. The van der Waals surface area contributed by atoms with E-state index in [2.05, 4.69) is 0 Å². The van der Waals surface area contributed by atoms with Gasteiger partial charge in [0.2, 0.25) is 5.91 Å². The summed E-state index contributed by atoms with van der Waals surface area (Å²) in [5, 5.41) is 8.64. The molecule has 4 nitrogen and oxygen atoms in total. The third kappa shape index (κ3) is 1.87. The number of amides is 1. The maximum atomic E-state index is 10.7. The van der Waals surface area contributed by atoms with Crippen molar-refractivity contribution in [2.24, 2.45) is 11.7 Å². The molecule has 68 valence electrons. The van der Waals surface area contributed by atoms with E-state index in [0.717, 1.165) is 0 Å². The van der Waals surface area contributed by atoms with Crippen molar-refractivity contribution in [1.82, 2.24) is 0 Å². The molecule has 1 saturated heterocycles. The first kappa shape index (κ1) is 9.73. The number of carboxylic acid groups (broad SMARTS) is 1. The van der Waals surface area contributed by atoms with Crippen LogP contribution in [0.3, 0.4) is 0 Å². The SMILES string of the molecule is CC1SC(C(C(N)=O)C(=O)O)S1. The number of carboxylic acids is 1. The van der Waals surface area contributed by atoms with Crippen LogP contribution < -0.4 is 5.73 Å². The van der Waals surface area contributed by atoms with Crippen LogP contribution in [0.1, 0.15) is 6.92 Å². The molecule has 1 unspecified atom stereocenters. The topological polar surface area (TPSA) is 80.4 Å². The first-order chi connectivity index (χ1) is 5.52. The standard InChI is InChI=1S/C6H9NO3S2/c1-2-11-6(12-2)3(4(7)8)5(9)10/h2-3,6H,1H3,(H2,7,8)(H,9,10). The van der Waals surface area contributed by atoms with E-state index < -0.39 is 17.8 Å². The first-order valence-corrected chi connectivity index (χ1v) is 5.24. The Morgan fingerprint density at radius 2 is 2.00 bits per heavy atom. The van der Waals surface area contributed by atoms with Crippen LogP contribution in [0.5, 0.6) is 0 Å². The van der Waals surface area contributed by atoms with E-state index in [1.165, 1.54) is 23.5 Å². The highest BCUT2D eigenvalue weighted by molar-refractivity contribution is 8.33. The lowest BCUT2D eigenvalue weighted by Gasteiger charge is -2.33. The monoisotopic (exact) mass is 207 g/mol. The van der Waals surface area contributed by atoms with Gasteiger partial charge in [-0.1, -0.05) is 0 Å². The summed E-state index contributed by atoms with van der Waals surface area (Å²) < 4.78 is 0.172. The van der Waals surface area contributed by atoms with Crippen LogP contribution in [0.25, 0.3) is 0 Å². The average molecular weight is 207 g/mol. The van der Waals surface area contributed by atoms with Crippen LogP contribution in [0.4, 0.5) is 0 Å². The molecule has 1 heterocycles. The number of thioether (sulfide) groups is 2. The third-order valence-electron chi connectivity index (χ3n) is 1.50. The Balaban J connectivity index is 2.56. The molecule has 12 heavy (non-hydrogen) atoms. The van der Waals surface area contributed by atoms with E-state index in [1.807, 2.05) is 6.92 Å². The zero-order valence-corrected chi connectivity index (χ0v) is 8.02. The maximum Gasteiger partial charge on any atom is 0.318 e. The number of hydrogen-bond acceptors (Lipinski definition) is 4. The lowest BCUT2D eigenvalue weighted by molar-refractivity contribution is -0.145. The predicted octanol–water partition coefficient (Wildman–Crippen LogP) is 0.325. The van der Waals surface area contributed by atoms with Crippen molar-refractivity contribution in [3.63, 3.8) is 0 Å². The number of rotatable bonds is 3. The van der Waals surface area contributed by atoms with Crippen LogP contribution in [0.2, 0.25) is 0 Å². The van der Waals surface area contributed by atoms with Crippen molar-refractivity contribution in [2.75, 3.05) is 0 Å². The number of carbonyl (C=O) groups excluding carboxylic acids is 1. The van der Waals surface area contributed by atoms with Gasteiger partial charge in [0.15, 0.2) is 5.92 Å². The molecule has 0 bridgehead atoms. The Hall–Kier alpha value is -0.360. The lowest BCUT2D eigenvalue weighted by atomic mass is 10.2. The first-order valence-electron chi connectivity index (χ1n) is 3.35. The smallest absolute Gasteiger partial charge is 0.318 e. The van der Waals surface area contributed by atoms with E-state index in [4.69, 9.17) is 10.8 Å². The lowest BCUT2D eigenvalue weighted by Crippen LogP contribution is -2.40. The quantitative estimate of drug-likeness (QED) is 0.652. The molecule has 6 heteroatoms. The number of carbonyl (C=O) groups is 2. The van der Waals surface area contributed by atoms with Gasteiger partial charge in [-0.15, -0.1) is 23.5 Å². The fourth-order valence-electron chi connectivity index (χ4n) is 0.917. The maximum absolute atomic E-state index is 10.7. The Morgan fingerprint density at radius 1 is 1.50 bits per heavy atom. The van der Waals surface area contributed by atoms with Gasteiger partial charge in [0.25, 0.3) is 0 Å². The van der Waals surface area contributed by atoms with E-state index in [0.29, 0.717) is 4.58 Å². The summed E-state index contributed by atoms with van der Waals surface area (Å²) in [4.78, 5) is 21.3. The van der Waals surface area contributed by atoms with E-state index in [-0.39, 0.29) is 4.58 Å². The largest absolute Gasteiger partial charge is 0.481 e. The number of aliphatic carboxylic acids is 1. The molecule has 0 saturated carbocycles. The summed E-state index contributed by atoms with van der Waals surface area (Å²) in [7, 11) is 0. The molecule has 0 aromatic rings. The van der Waals surface area contributed by atoms with Gasteiger partial charge < -0.3 is 10.8 Å². The van der Waals surface area contributed by atoms with Crippen molar-refractivity contribution in [2.45, 2.75) is 16.1 Å². The number of hydrogen-bond donors (Lipinski definition) is 2. The molecule has 0 aromatic carbocycles. The molecule has 0 aliphatic carbocycles. The molecular formula is C6H9NO3S2. The van der Waals surface area contributed by atoms with Crippen molar-refractivity contribution < 1.29 is 14.7 Å². The number of nitrogens with two attached hydrogens (primary N) is 1. The van der Waals surface area contributed by atoms with Gasteiger partial charge in [0.05, 0.1) is 4.58 Å². The Labute approximate surface area is 78.3 Å². The minimum atomic E-state index is -1.13. The molecule has 0 aromatic heterocycles. The molecule has 0 radical (unpaired) electrons. The fourth-order valence-corrected chi connectivity index (χ4v) is 3.89. The normalized spacial score (nSPS) is 30.4. The number of primary amides is 1. The summed E-state index contributed by atoms with van der Waals surface area (Å²) in [5.41, 5.74) is 4.95. The van der Waals surface area contributed by atoms with Gasteiger partial charge >= 0.3 is 5.97 Å². The molecule has 0 spiro atoms. The Kier molecular flexibility index (Phi) is 2.89. The molecule has 1 fully saturated rings. The van der Waals surface area contributed by atoms with Crippen molar-refractivity contribution in [3.05, 3.63) is 0 Å². The summed E-state index contributed by atoms with van der Waals surface area (Å²) in [6.45, 7) is 1.96. The van der Waals surface area contributed by atoms with Gasteiger partial charge in [-0.2, -0.15) is 0 Å². The Morgan fingerprint density at radius 3 is 2.25 bits per heavy atom. The summed E-state index contributed by atoms with van der Waals surface area (Å²) in [5.74, 6) is -2.92. The van der Waals surface area contributed by atoms with Gasteiger partial charge in [0.1, 0.15) is 0 Å². The predicted molar refractivity (Wildman–Crippen MR) is 48.8 cm³/mol. The minimum absolute atomic E-state index is 0.199. The highest BCUT2D eigenvalue weighted by Crippen LogP contribution is 2.50. The van der Waals surface area contributed by atoms with Crippen molar-refractivity contribution in [1.29, 1.82) is 0 Å². The second kappa shape index (κ2) is 3.57. The average Bonchev–Trinajstić information content (AvgIpc) is 1.82. The fraction of sp³-hybridized carbons (Fsp3) is 0.667. The van der Waals surface area contributed by atoms with Crippen molar-refractivity contribution in [3.8, 4) is 0 Å². The van der Waals surface area contributed by atoms with E-state index >= 15 is 0 Å². The molecule has 1 amide bonds. The van der Waals surface area contributed by atoms with Gasteiger partial charge in [-0.05, 0) is 6.92 Å². The molecular weight excluding hydrogens is 198 g/mol. The molecule has 1 atom stereocenters. The van der Waals surface area contributed by atoms with Crippen LogP contribution in [-0.4, -0.2) is 26.1 Å².